The largest absolute Gasteiger partial charge is 0.497 e. The zero-order chi connectivity index (χ0) is 85.9. The summed E-state index contributed by atoms with van der Waals surface area (Å²) < 4.78 is 116. The summed E-state index contributed by atoms with van der Waals surface area (Å²) in [7, 11) is 4.71. The molecule has 17 nitrogen and oxygen atoms in total. The molecule has 0 fully saturated rings. The van der Waals surface area contributed by atoms with Gasteiger partial charge in [-0.2, -0.15) is 13.2 Å². The quantitative estimate of drug-likeness (QED) is 0.0724. The van der Waals surface area contributed by atoms with Crippen LogP contribution in [0.15, 0.2) is 141 Å². The Bertz CT molecular complexity index is 6450. The van der Waals surface area contributed by atoms with E-state index in [1.165, 1.54) is 60.0 Å². The number of hydrogen-bond donors (Lipinski definition) is 2. The maximum Gasteiger partial charge on any atom is 0.490 e. The Labute approximate surface area is 678 Å². The monoisotopic (exact) mass is 1590 g/mol. The Balaban J connectivity index is 0.000000420. The van der Waals surface area contributed by atoms with Crippen molar-refractivity contribution in [1.29, 1.82) is 0 Å². The fraction of sp³-hybridized carbons (Fsp3) is 0.181. The summed E-state index contributed by atoms with van der Waals surface area (Å²) in [5.74, 6) is 81.4. The highest BCUT2D eigenvalue weighted by molar-refractivity contribution is 5.73. The number of alkyl halides is 7. The number of H-pyrrole nitrogens is 1. The molecule has 4 heterocycles. The summed E-state index contributed by atoms with van der Waals surface area (Å²) in [6, 6.07) is 30.2. The Morgan fingerprint density at radius 1 is 0.483 bits per heavy atom. The first-order valence-electron chi connectivity index (χ1n) is 33.5. The number of carbonyl (C=O) groups is 1. The lowest BCUT2D eigenvalue weighted by Crippen LogP contribution is -2.42. The summed E-state index contributed by atoms with van der Waals surface area (Å²) in [6.07, 6.45) is -2.84. The zero-order valence-corrected chi connectivity index (χ0v) is 63.8. The number of aryl methyl sites for hydroxylation is 2. The number of aromatic nitrogens is 6. The average molecular weight is 1590 g/mol. The van der Waals surface area contributed by atoms with Crippen LogP contribution >= 0.6 is 0 Å². The number of halogens is 7. The van der Waals surface area contributed by atoms with Gasteiger partial charge in [0.15, 0.2) is 11.5 Å². The minimum absolute atomic E-state index is 0. The highest BCUT2D eigenvalue weighted by atomic mass is 19.4. The second-order valence-corrected chi connectivity index (χ2v) is 21.7. The average Bonchev–Trinajstić information content (AvgIpc) is 0.780. The lowest BCUT2D eigenvalue weighted by molar-refractivity contribution is -0.192. The van der Waals surface area contributed by atoms with Crippen molar-refractivity contribution in [3.63, 3.8) is 0 Å². The first-order valence-corrected chi connectivity index (χ1v) is 33.5. The molecule has 118 heavy (non-hydrogen) atoms. The fourth-order valence-corrected chi connectivity index (χ4v) is 9.12. The van der Waals surface area contributed by atoms with Gasteiger partial charge in [0.1, 0.15) is 17.2 Å². The number of aliphatic carboxylic acids is 1. The van der Waals surface area contributed by atoms with Crippen molar-refractivity contribution < 1.29 is 64.3 Å². The molecule has 4 aromatic carbocycles. The molecule has 586 valence electrons. The van der Waals surface area contributed by atoms with Crippen molar-refractivity contribution in [3.8, 4) is 265 Å². The van der Waals surface area contributed by atoms with Crippen molar-refractivity contribution in [3.05, 3.63) is 202 Å². The van der Waals surface area contributed by atoms with Crippen LogP contribution in [0, 0.1) is 229 Å². The van der Waals surface area contributed by atoms with Gasteiger partial charge in [0.05, 0.1) is 50.4 Å². The molecule has 0 unspecified atom stereocenters. The number of pyridine rings is 2. The maximum absolute atomic E-state index is 13.5. The highest BCUT2D eigenvalue weighted by Crippen LogP contribution is 2.36. The zero-order valence-electron chi connectivity index (χ0n) is 63.8. The van der Waals surface area contributed by atoms with Crippen molar-refractivity contribution in [2.24, 2.45) is 0 Å². The Hall–Kier alpha value is -17.0. The smallest absolute Gasteiger partial charge is 0.490 e. The van der Waals surface area contributed by atoms with Gasteiger partial charge in [-0.1, -0.05) is 37.6 Å². The Morgan fingerprint density at radius 2 is 0.864 bits per heavy atom. The molecule has 0 saturated carbocycles. The predicted molar refractivity (Wildman–Crippen MR) is 437 cm³/mol. The molecule has 0 radical (unpaired) electrons. The topological polar surface area (TPSA) is 208 Å². The van der Waals surface area contributed by atoms with E-state index in [9.17, 15) is 49.9 Å². The lowest BCUT2D eigenvalue weighted by Gasteiger charge is -2.19. The summed E-state index contributed by atoms with van der Waals surface area (Å²) in [5, 5.41) is 7.12. The van der Waals surface area contributed by atoms with E-state index in [4.69, 9.17) is 40.0 Å². The van der Waals surface area contributed by atoms with Gasteiger partial charge in [0, 0.05) is 142 Å². The molecule has 0 amide bonds. The SMILES string of the molecule is C.C#CC#CC#CC#CC#CC#CC#CC#CC#CC#CC#CC#CC#CC#CC#CC#CC#CC.CCn1c(-c2ccc(Oc3ncccc3C(F)F)cc2C)c(C)c(=O)[nH]c1=O.CCn1c(-c2ccc(Oc3ncccc3C(F)F)cc2C)c(C)c(=O)n(Cc2ccc(OC)c(OC)c2)c1=O.COc1ccccc1.O=C(O)C(F)(F)F. The van der Waals surface area contributed by atoms with E-state index in [1.54, 1.807) is 101 Å². The lowest BCUT2D eigenvalue weighted by atomic mass is 10.0. The number of ether oxygens (including phenoxy) is 5. The van der Waals surface area contributed by atoms with Gasteiger partial charge in [-0.25, -0.2) is 41.9 Å². The van der Waals surface area contributed by atoms with Crippen LogP contribution < -0.4 is 46.2 Å². The maximum atomic E-state index is 13.5. The normalized spacial score (nSPS) is 8.69. The van der Waals surface area contributed by atoms with Crippen LogP contribution in [0.2, 0.25) is 0 Å². The third-order valence-electron chi connectivity index (χ3n) is 14.2. The van der Waals surface area contributed by atoms with Crippen LogP contribution in [-0.2, 0) is 24.4 Å². The van der Waals surface area contributed by atoms with Crippen LogP contribution in [0.4, 0.5) is 30.7 Å². The number of para-hydroxylation sites is 1. The molecular weight excluding hydrogens is 1520 g/mol. The van der Waals surface area contributed by atoms with Crippen LogP contribution in [0.1, 0.15) is 80.0 Å². The third kappa shape index (κ3) is 32.2. The predicted octanol–water partition coefficient (Wildman–Crippen LogP) is 13.1. The number of nitrogens with zero attached hydrogens (tertiary/aromatic N) is 5. The summed E-state index contributed by atoms with van der Waals surface area (Å²) in [5.41, 5.74) is 2.90. The highest BCUT2D eigenvalue weighted by Gasteiger charge is 2.38. The molecular formula is C94H65F7N6O11. The first kappa shape index (κ1) is 95.2. The number of hydrogen-bond acceptors (Lipinski definition) is 12. The minimum Gasteiger partial charge on any atom is -0.497 e. The molecule has 8 aromatic rings. The van der Waals surface area contributed by atoms with Gasteiger partial charge in [-0.05, 0) is 245 Å². The second kappa shape index (κ2) is 52.3. The van der Waals surface area contributed by atoms with E-state index in [0.717, 1.165) is 11.3 Å². The Morgan fingerprint density at radius 3 is 1.19 bits per heavy atom. The number of benzene rings is 4. The number of rotatable bonds is 15. The van der Waals surface area contributed by atoms with Crippen LogP contribution in [-0.4, -0.2) is 67.2 Å². The second-order valence-electron chi connectivity index (χ2n) is 21.7. The van der Waals surface area contributed by atoms with Crippen LogP contribution in [0.5, 0.6) is 40.5 Å². The molecule has 4 aromatic heterocycles. The standard InChI is InChI=1S/C35H4.C29H29F2N3O5.C20H19F2N3O3.C7H8O.C2HF3O2.CH4/c1-3-5-7-9-11-13-15-17-19-21-23-25-27-29-31-33-35-34-32-30-28-26-24-22-20-18-16-14-12-10-8-6-4-2;1-6-33-25(21-11-10-20(14-17(21)2)39-27-22(26(30)31)8-7-13-32-27)18(3)28(35)34(29(33)36)16-19-9-12-23(37-4)24(15-19)38-5;1-4-25-16(12(3)18(26)24-20(25)27)14-8-7-13(10-11(14)2)28-19-15(17(21)22)6-5-9-23-19;1-8-7-5-3-2-4-6-7;3-2(4,5)1(6)7;/h1H,2H3;7-15,26H,6,16H2,1-5H3;5-10,17H,4H2,1-3H3,(H,24,26,27);2-6H,1H3;(H,6,7);1H4. The number of nitrogens with one attached hydrogen (secondary N) is 1. The van der Waals surface area contributed by atoms with E-state index in [1.807, 2.05) is 44.2 Å². The van der Waals surface area contributed by atoms with Crippen molar-refractivity contribution in [2.45, 2.75) is 94.6 Å². The van der Waals surface area contributed by atoms with E-state index >= 15 is 0 Å². The van der Waals surface area contributed by atoms with Gasteiger partial charge < -0.3 is 28.8 Å². The van der Waals surface area contributed by atoms with E-state index < -0.39 is 47.5 Å². The molecule has 0 saturated heterocycles. The molecule has 0 bridgehead atoms. The Kier molecular flexibility index (Phi) is 42.2. The van der Waals surface area contributed by atoms with E-state index in [2.05, 4.69) is 210 Å². The van der Waals surface area contributed by atoms with Crippen molar-refractivity contribution in [2.75, 3.05) is 21.3 Å². The van der Waals surface area contributed by atoms with Crippen molar-refractivity contribution in [1.82, 2.24) is 28.7 Å². The number of terminal acetylenes is 1. The molecule has 0 spiro atoms. The summed E-state index contributed by atoms with van der Waals surface area (Å²) in [6.45, 7) is 13.0. The number of methoxy groups -OCH3 is 3. The molecule has 8 rings (SSSR count). The molecule has 2 N–H and O–H groups in total. The molecule has 0 atom stereocenters. The summed E-state index contributed by atoms with van der Waals surface area (Å²) in [4.78, 5) is 70.2. The fourth-order valence-electron chi connectivity index (χ4n) is 9.12. The number of carboxylic acid groups (broad SMARTS) is 1. The molecule has 24 heteroatoms. The molecule has 0 aliphatic carbocycles. The molecule has 0 aliphatic heterocycles. The van der Waals surface area contributed by atoms with Gasteiger partial charge in [-0.3, -0.25) is 28.3 Å². The van der Waals surface area contributed by atoms with Crippen LogP contribution in [0.3, 0.4) is 0 Å². The number of carboxylic acids is 1. The van der Waals surface area contributed by atoms with E-state index in [0.29, 0.717) is 80.9 Å². The molecule has 0 aliphatic rings. The van der Waals surface area contributed by atoms with Crippen molar-refractivity contribution >= 4 is 5.97 Å². The first-order chi connectivity index (χ1) is 56.3. The van der Waals surface area contributed by atoms with E-state index in [-0.39, 0.29) is 36.9 Å². The van der Waals surface area contributed by atoms with Gasteiger partial charge >= 0.3 is 23.5 Å². The van der Waals surface area contributed by atoms with Gasteiger partial charge in [0.2, 0.25) is 11.8 Å². The third-order valence-corrected chi connectivity index (χ3v) is 14.2. The van der Waals surface area contributed by atoms with Gasteiger partial charge in [0.25, 0.3) is 24.0 Å². The van der Waals surface area contributed by atoms with Gasteiger partial charge in [-0.15, -0.1) is 6.42 Å². The van der Waals surface area contributed by atoms with Crippen LogP contribution in [0.25, 0.3) is 22.5 Å². The number of aromatic amines is 1. The summed E-state index contributed by atoms with van der Waals surface area (Å²) >= 11 is 0. The minimum atomic E-state index is -5.08.